The van der Waals surface area contributed by atoms with Gasteiger partial charge in [-0.25, -0.2) is 18.7 Å². The van der Waals surface area contributed by atoms with E-state index in [0.717, 1.165) is 38.0 Å². The summed E-state index contributed by atoms with van der Waals surface area (Å²) >= 11 is 0. The molecule has 2 aliphatic rings. The summed E-state index contributed by atoms with van der Waals surface area (Å²) < 4.78 is 29.5. The van der Waals surface area contributed by atoms with E-state index in [1.165, 1.54) is 19.2 Å². The number of aliphatic imine (C=N–C) groups is 1. The molecule has 4 rings (SSSR count). The highest BCUT2D eigenvalue weighted by molar-refractivity contribution is 5.77. The number of hydrogen-bond donors (Lipinski definition) is 2. The maximum atomic E-state index is 14.9. The minimum atomic E-state index is -0.596. The number of halogens is 2. The van der Waals surface area contributed by atoms with Gasteiger partial charge in [-0.3, -0.25) is 4.99 Å². The van der Waals surface area contributed by atoms with Crippen LogP contribution in [0, 0.1) is 17.6 Å². The summed E-state index contributed by atoms with van der Waals surface area (Å²) in [6.45, 7) is 16.8. The molecule has 7 nitrogen and oxygen atoms in total. The van der Waals surface area contributed by atoms with Crippen LogP contribution in [0.2, 0.25) is 0 Å². The zero-order chi connectivity index (χ0) is 25.5. The Morgan fingerprint density at radius 1 is 1.23 bits per heavy atom. The molecule has 9 heteroatoms. The average Bonchev–Trinajstić information content (AvgIpc) is 2.81. The van der Waals surface area contributed by atoms with Gasteiger partial charge in [-0.05, 0) is 91.6 Å². The van der Waals surface area contributed by atoms with Crippen molar-refractivity contribution in [2.45, 2.75) is 52.6 Å². The van der Waals surface area contributed by atoms with Crippen molar-refractivity contribution >= 4 is 24.0 Å². The summed E-state index contributed by atoms with van der Waals surface area (Å²) in [5, 5.41) is 6.46. The fraction of sp³-hybridized carbons (Fsp3) is 0.577. The van der Waals surface area contributed by atoms with E-state index in [9.17, 15) is 8.78 Å². The molecule has 0 amide bonds. The minimum absolute atomic E-state index is 0.0657. The molecule has 0 unspecified atom stereocenters. The Morgan fingerprint density at radius 2 is 1.89 bits per heavy atom. The van der Waals surface area contributed by atoms with Crippen molar-refractivity contribution in [3.8, 4) is 11.3 Å². The quantitative estimate of drug-likeness (QED) is 0.551. The van der Waals surface area contributed by atoms with Crippen molar-refractivity contribution in [3.63, 3.8) is 0 Å². The van der Waals surface area contributed by atoms with Crippen molar-refractivity contribution in [1.29, 1.82) is 0 Å². The molecular weight excluding hydrogens is 448 g/mol. The molecule has 0 bridgehead atoms. The molecule has 192 valence electrons. The molecular formula is C26H39F2N7. The Morgan fingerprint density at radius 3 is 2.40 bits per heavy atom. The molecule has 2 aliphatic heterocycles. The predicted octanol–water partition coefficient (Wildman–Crippen LogP) is 4.72. The van der Waals surface area contributed by atoms with Crippen molar-refractivity contribution in [2.75, 3.05) is 50.0 Å². The zero-order valence-electron chi connectivity index (χ0n) is 21.6. The monoisotopic (exact) mass is 487 g/mol. The zero-order valence-corrected chi connectivity index (χ0v) is 21.6. The van der Waals surface area contributed by atoms with Gasteiger partial charge in [0.1, 0.15) is 11.4 Å². The molecule has 2 fully saturated rings. The van der Waals surface area contributed by atoms with Gasteiger partial charge in [0, 0.05) is 24.2 Å². The molecule has 0 aliphatic carbocycles. The number of rotatable bonds is 7. The summed E-state index contributed by atoms with van der Waals surface area (Å²) in [6.07, 6.45) is 3.06. The molecule has 0 radical (unpaired) electrons. The molecule has 3 heterocycles. The number of piperidine rings is 1. The molecule has 2 saturated heterocycles. The molecule has 0 saturated carbocycles. The summed E-state index contributed by atoms with van der Waals surface area (Å²) in [5.41, 5.74) is 1.14. The lowest BCUT2D eigenvalue weighted by atomic mass is 10.1. The molecule has 1 aromatic carbocycles. The van der Waals surface area contributed by atoms with Gasteiger partial charge in [0.25, 0.3) is 0 Å². The van der Waals surface area contributed by atoms with Gasteiger partial charge in [0.15, 0.2) is 11.6 Å². The highest BCUT2D eigenvalue weighted by Gasteiger charge is 2.21. The van der Waals surface area contributed by atoms with Crippen molar-refractivity contribution in [2.24, 2.45) is 10.9 Å². The molecule has 2 N–H and O–H groups in total. The first-order valence-corrected chi connectivity index (χ1v) is 12.5. The van der Waals surface area contributed by atoms with Gasteiger partial charge >= 0.3 is 0 Å². The van der Waals surface area contributed by atoms with Crippen LogP contribution in [0.3, 0.4) is 0 Å². The third kappa shape index (κ3) is 6.95. The van der Waals surface area contributed by atoms with Gasteiger partial charge in [0.05, 0.1) is 11.9 Å². The van der Waals surface area contributed by atoms with Gasteiger partial charge in [-0.2, -0.15) is 0 Å². The number of nitrogens with one attached hydrogen (secondary N) is 2. The van der Waals surface area contributed by atoms with Crippen LogP contribution in [0.4, 0.5) is 26.1 Å². The molecule has 0 atom stereocenters. The van der Waals surface area contributed by atoms with Crippen LogP contribution in [0.1, 0.15) is 40.5 Å². The van der Waals surface area contributed by atoms with E-state index >= 15 is 0 Å². The van der Waals surface area contributed by atoms with Crippen LogP contribution in [-0.4, -0.2) is 73.4 Å². The van der Waals surface area contributed by atoms with E-state index in [-0.39, 0.29) is 23.5 Å². The normalized spacial score (nSPS) is 16.9. The summed E-state index contributed by atoms with van der Waals surface area (Å²) in [4.78, 5) is 16.6. The Balaban J connectivity index is 0.000000607. The Hall–Kier alpha value is -2.65. The van der Waals surface area contributed by atoms with Crippen LogP contribution in [0.25, 0.3) is 11.3 Å². The van der Waals surface area contributed by atoms with Gasteiger partial charge in [-0.15, -0.1) is 0 Å². The largest absolute Gasteiger partial charge is 0.368 e. The van der Waals surface area contributed by atoms with Crippen LogP contribution >= 0.6 is 0 Å². The van der Waals surface area contributed by atoms with Gasteiger partial charge in [0.2, 0.25) is 5.95 Å². The molecule has 0 spiro atoms. The number of aromatic nitrogens is 2. The second kappa shape index (κ2) is 12.4. The number of anilines is 2. The van der Waals surface area contributed by atoms with Crippen LogP contribution < -0.4 is 15.5 Å². The summed E-state index contributed by atoms with van der Waals surface area (Å²) in [6, 6.07) is 3.33. The lowest BCUT2D eigenvalue weighted by Gasteiger charge is -2.30. The lowest BCUT2D eigenvalue weighted by Crippen LogP contribution is -2.39. The fourth-order valence-electron chi connectivity index (χ4n) is 4.32. The summed E-state index contributed by atoms with van der Waals surface area (Å²) in [5.74, 6) is 0.153. The Labute approximate surface area is 208 Å². The maximum Gasteiger partial charge on any atom is 0.223 e. The minimum Gasteiger partial charge on any atom is -0.368 e. The van der Waals surface area contributed by atoms with E-state index in [1.807, 2.05) is 25.7 Å². The first-order chi connectivity index (χ1) is 16.7. The van der Waals surface area contributed by atoms with E-state index in [2.05, 4.69) is 51.2 Å². The molecule has 2 aromatic rings. The standard InChI is InChI=1S/C22H30F2N6.C4H9N/c1-6-30(14(2)3)19-12-15(11-17(23)21(19)25-4)20-18(24)13-26-22(28-20)27-16-7-9-29(5)10-8-16;1-4-2-5-3-4/h11-14,16H,4,6-10H2,1-3,5H3,(H,26,27,28);4-5H,2-3H2,1H3. The average molecular weight is 488 g/mol. The lowest BCUT2D eigenvalue weighted by molar-refractivity contribution is 0.263. The Bertz CT molecular complexity index is 986. The molecule has 35 heavy (non-hydrogen) atoms. The SMILES string of the molecule is C=Nc1c(F)cc(-c2nc(NC3CCN(C)CC3)ncc2F)cc1N(CC)C(C)C.CC1CNC1. The summed E-state index contributed by atoms with van der Waals surface area (Å²) in [7, 11) is 2.09. The number of hydrogen-bond acceptors (Lipinski definition) is 7. The number of nitrogens with zero attached hydrogens (tertiary/aromatic N) is 5. The van der Waals surface area contributed by atoms with E-state index in [1.54, 1.807) is 6.07 Å². The smallest absolute Gasteiger partial charge is 0.223 e. The second-order valence-electron chi connectivity index (χ2n) is 9.74. The number of benzene rings is 1. The Kier molecular flexibility index (Phi) is 9.51. The van der Waals surface area contributed by atoms with Crippen molar-refractivity contribution in [1.82, 2.24) is 20.2 Å². The number of likely N-dealkylation sites (tertiary alicyclic amines) is 1. The van der Waals surface area contributed by atoms with E-state index in [0.29, 0.717) is 23.7 Å². The highest BCUT2D eigenvalue weighted by atomic mass is 19.1. The van der Waals surface area contributed by atoms with Gasteiger partial charge in [-0.1, -0.05) is 6.92 Å². The van der Waals surface area contributed by atoms with Gasteiger partial charge < -0.3 is 20.4 Å². The van der Waals surface area contributed by atoms with Crippen molar-refractivity contribution < 1.29 is 8.78 Å². The first kappa shape index (κ1) is 26.9. The van der Waals surface area contributed by atoms with Crippen molar-refractivity contribution in [3.05, 3.63) is 30.0 Å². The predicted molar refractivity (Wildman–Crippen MR) is 141 cm³/mol. The molecule has 1 aromatic heterocycles. The van der Waals surface area contributed by atoms with Crippen LogP contribution in [0.5, 0.6) is 0 Å². The second-order valence-corrected chi connectivity index (χ2v) is 9.74. The highest BCUT2D eigenvalue weighted by Crippen LogP contribution is 2.37. The van der Waals surface area contributed by atoms with Crippen LogP contribution in [-0.2, 0) is 0 Å². The maximum absolute atomic E-state index is 14.9. The van der Waals surface area contributed by atoms with Crippen LogP contribution in [0.15, 0.2) is 23.3 Å². The van der Waals surface area contributed by atoms with E-state index in [4.69, 9.17) is 0 Å². The third-order valence-corrected chi connectivity index (χ3v) is 6.53. The third-order valence-electron chi connectivity index (χ3n) is 6.53. The fourth-order valence-corrected chi connectivity index (χ4v) is 4.32. The van der Waals surface area contributed by atoms with E-state index < -0.39 is 11.6 Å². The topological polar surface area (TPSA) is 68.7 Å². The first-order valence-electron chi connectivity index (χ1n) is 12.5.